The topological polar surface area (TPSA) is 47.0 Å². The molecule has 0 amide bonds. The summed E-state index contributed by atoms with van der Waals surface area (Å²) in [6, 6.07) is 0. The van der Waals surface area contributed by atoms with Crippen LogP contribution in [0.5, 0.6) is 0 Å². The highest BCUT2D eigenvalue weighted by Gasteiger charge is 2.06. The standard InChI is InChI=1S/C9H17N3OS2/c1-3-10-9-8(11-12-15-9)7-14-6-4-5-13-2/h10H,3-7H2,1-2H3. The molecule has 1 heterocycles. The van der Waals surface area contributed by atoms with Crippen molar-refractivity contribution >= 4 is 28.3 Å². The van der Waals surface area contributed by atoms with Crippen molar-refractivity contribution in [3.63, 3.8) is 0 Å². The van der Waals surface area contributed by atoms with Gasteiger partial charge in [0.05, 0.1) is 0 Å². The van der Waals surface area contributed by atoms with Gasteiger partial charge in [-0.1, -0.05) is 4.49 Å². The minimum Gasteiger partial charge on any atom is -0.385 e. The predicted octanol–water partition coefficient (Wildman–Crippen LogP) is 2.24. The molecule has 1 N–H and O–H groups in total. The summed E-state index contributed by atoms with van der Waals surface area (Å²) in [5, 5.41) is 8.48. The molecule has 0 bridgehead atoms. The molecular weight excluding hydrogens is 230 g/mol. The molecule has 1 aromatic heterocycles. The number of ether oxygens (including phenoxy) is 1. The second-order valence-electron chi connectivity index (χ2n) is 2.98. The zero-order valence-electron chi connectivity index (χ0n) is 9.15. The maximum Gasteiger partial charge on any atom is 0.134 e. The summed E-state index contributed by atoms with van der Waals surface area (Å²) in [6.07, 6.45) is 1.09. The van der Waals surface area contributed by atoms with E-state index in [0.29, 0.717) is 0 Å². The molecule has 0 fully saturated rings. The molecule has 0 radical (unpaired) electrons. The minimum atomic E-state index is 0.836. The van der Waals surface area contributed by atoms with E-state index >= 15 is 0 Å². The zero-order chi connectivity index (χ0) is 10.9. The van der Waals surface area contributed by atoms with Crippen LogP contribution in [0.25, 0.3) is 0 Å². The summed E-state index contributed by atoms with van der Waals surface area (Å²) in [5.41, 5.74) is 1.07. The Balaban J connectivity index is 2.21. The normalized spacial score (nSPS) is 10.5. The molecule has 0 unspecified atom stereocenters. The Morgan fingerprint density at radius 2 is 2.40 bits per heavy atom. The van der Waals surface area contributed by atoms with Gasteiger partial charge in [-0.2, -0.15) is 11.8 Å². The fraction of sp³-hybridized carbons (Fsp3) is 0.778. The van der Waals surface area contributed by atoms with E-state index in [4.69, 9.17) is 4.74 Å². The third-order valence-corrected chi connectivity index (χ3v) is 3.55. The van der Waals surface area contributed by atoms with Crippen molar-refractivity contribution in [1.82, 2.24) is 9.59 Å². The van der Waals surface area contributed by atoms with Gasteiger partial charge in [-0.15, -0.1) is 5.10 Å². The van der Waals surface area contributed by atoms with Crippen LogP contribution >= 0.6 is 23.3 Å². The number of aromatic nitrogens is 2. The van der Waals surface area contributed by atoms with E-state index in [-0.39, 0.29) is 0 Å². The monoisotopic (exact) mass is 247 g/mol. The van der Waals surface area contributed by atoms with Crippen LogP contribution in [-0.4, -0.2) is 35.6 Å². The van der Waals surface area contributed by atoms with E-state index in [1.165, 1.54) is 11.5 Å². The first-order chi connectivity index (χ1) is 7.38. The maximum atomic E-state index is 4.99. The second-order valence-corrected chi connectivity index (χ2v) is 4.84. The van der Waals surface area contributed by atoms with Crippen LogP contribution in [-0.2, 0) is 10.5 Å². The Hall–Kier alpha value is -0.330. The average molecular weight is 247 g/mol. The Morgan fingerprint density at radius 1 is 1.53 bits per heavy atom. The van der Waals surface area contributed by atoms with E-state index in [0.717, 1.165) is 41.8 Å². The summed E-state index contributed by atoms with van der Waals surface area (Å²) in [5.74, 6) is 2.04. The van der Waals surface area contributed by atoms with Crippen LogP contribution in [0.1, 0.15) is 19.0 Å². The van der Waals surface area contributed by atoms with Gasteiger partial charge in [-0.3, -0.25) is 0 Å². The van der Waals surface area contributed by atoms with E-state index in [9.17, 15) is 0 Å². The molecular formula is C9H17N3OS2. The lowest BCUT2D eigenvalue weighted by atomic mass is 10.5. The van der Waals surface area contributed by atoms with E-state index in [2.05, 4.69) is 21.8 Å². The summed E-state index contributed by atoms with van der Waals surface area (Å²) < 4.78 is 8.94. The lowest BCUT2D eigenvalue weighted by Crippen LogP contribution is -1.98. The summed E-state index contributed by atoms with van der Waals surface area (Å²) in [4.78, 5) is 0. The molecule has 0 saturated carbocycles. The van der Waals surface area contributed by atoms with Crippen LogP contribution in [0.2, 0.25) is 0 Å². The molecule has 0 aliphatic carbocycles. The summed E-state index contributed by atoms with van der Waals surface area (Å²) >= 11 is 3.31. The molecule has 0 aliphatic heterocycles. The van der Waals surface area contributed by atoms with Gasteiger partial charge in [-0.05, 0) is 19.1 Å². The van der Waals surface area contributed by atoms with Gasteiger partial charge in [0.1, 0.15) is 10.7 Å². The molecule has 4 nitrogen and oxygen atoms in total. The highest BCUT2D eigenvalue weighted by molar-refractivity contribution is 7.98. The summed E-state index contributed by atoms with van der Waals surface area (Å²) in [6.45, 7) is 3.84. The highest BCUT2D eigenvalue weighted by Crippen LogP contribution is 2.22. The van der Waals surface area contributed by atoms with Crippen molar-refractivity contribution in [2.24, 2.45) is 0 Å². The minimum absolute atomic E-state index is 0.836. The van der Waals surface area contributed by atoms with Gasteiger partial charge in [-0.25, -0.2) is 0 Å². The molecule has 0 spiro atoms. The predicted molar refractivity (Wildman–Crippen MR) is 66.7 cm³/mol. The maximum absolute atomic E-state index is 4.99. The average Bonchev–Trinajstić information content (AvgIpc) is 2.66. The number of thioether (sulfide) groups is 1. The second kappa shape index (κ2) is 7.90. The van der Waals surface area contributed by atoms with Gasteiger partial charge in [0, 0.05) is 37.5 Å². The van der Waals surface area contributed by atoms with Crippen LogP contribution in [0, 0.1) is 0 Å². The number of rotatable bonds is 8. The number of nitrogens with zero attached hydrogens (tertiary/aromatic N) is 2. The van der Waals surface area contributed by atoms with Crippen LogP contribution in [0.15, 0.2) is 0 Å². The van der Waals surface area contributed by atoms with Crippen LogP contribution in [0.3, 0.4) is 0 Å². The van der Waals surface area contributed by atoms with E-state index in [1.54, 1.807) is 7.11 Å². The first-order valence-corrected chi connectivity index (χ1v) is 6.93. The van der Waals surface area contributed by atoms with Gasteiger partial charge in [0.15, 0.2) is 0 Å². The van der Waals surface area contributed by atoms with Crippen LogP contribution < -0.4 is 5.32 Å². The van der Waals surface area contributed by atoms with Crippen molar-refractivity contribution in [2.75, 3.05) is 31.3 Å². The molecule has 0 aromatic carbocycles. The van der Waals surface area contributed by atoms with Crippen molar-refractivity contribution < 1.29 is 4.74 Å². The van der Waals surface area contributed by atoms with E-state index < -0.39 is 0 Å². The molecule has 1 aromatic rings. The Kier molecular flexibility index (Phi) is 6.71. The Morgan fingerprint density at radius 3 is 3.13 bits per heavy atom. The molecule has 86 valence electrons. The number of hydrogen-bond donors (Lipinski definition) is 1. The number of hydrogen-bond acceptors (Lipinski definition) is 6. The van der Waals surface area contributed by atoms with Crippen molar-refractivity contribution in [3.05, 3.63) is 5.69 Å². The smallest absolute Gasteiger partial charge is 0.134 e. The fourth-order valence-corrected chi connectivity index (χ4v) is 2.67. The van der Waals surface area contributed by atoms with Crippen molar-refractivity contribution in [2.45, 2.75) is 19.1 Å². The van der Waals surface area contributed by atoms with Gasteiger partial charge >= 0.3 is 0 Å². The van der Waals surface area contributed by atoms with Gasteiger partial charge in [0.2, 0.25) is 0 Å². The lowest BCUT2D eigenvalue weighted by molar-refractivity contribution is 0.200. The Labute approximate surface area is 99.0 Å². The quantitative estimate of drug-likeness (QED) is 0.714. The van der Waals surface area contributed by atoms with Crippen molar-refractivity contribution in [1.29, 1.82) is 0 Å². The van der Waals surface area contributed by atoms with Crippen molar-refractivity contribution in [3.8, 4) is 0 Å². The van der Waals surface area contributed by atoms with Gasteiger partial charge < -0.3 is 10.1 Å². The SMILES string of the molecule is CCNc1snnc1CSCCCOC. The Bertz CT molecular complexity index is 268. The fourth-order valence-electron chi connectivity index (χ4n) is 1.07. The largest absolute Gasteiger partial charge is 0.385 e. The third kappa shape index (κ3) is 4.81. The molecule has 0 atom stereocenters. The lowest BCUT2D eigenvalue weighted by Gasteiger charge is -2.02. The van der Waals surface area contributed by atoms with E-state index in [1.807, 2.05) is 11.8 Å². The van der Waals surface area contributed by atoms with Crippen LogP contribution in [0.4, 0.5) is 5.00 Å². The first-order valence-electron chi connectivity index (χ1n) is 5.00. The number of anilines is 1. The molecule has 0 aliphatic rings. The molecule has 15 heavy (non-hydrogen) atoms. The number of nitrogens with one attached hydrogen (secondary N) is 1. The third-order valence-electron chi connectivity index (χ3n) is 1.77. The first kappa shape index (κ1) is 12.7. The van der Waals surface area contributed by atoms with Gasteiger partial charge in [0.25, 0.3) is 0 Å². The summed E-state index contributed by atoms with van der Waals surface area (Å²) in [7, 11) is 1.73. The molecule has 1 rings (SSSR count). The number of methoxy groups -OCH3 is 1. The molecule has 0 saturated heterocycles. The zero-order valence-corrected chi connectivity index (χ0v) is 10.8. The highest BCUT2D eigenvalue weighted by atomic mass is 32.2. The molecule has 6 heteroatoms.